The van der Waals surface area contributed by atoms with Crippen molar-refractivity contribution in [1.29, 1.82) is 0 Å². The number of phenolic OH excluding ortho intramolecular Hbond substituents is 2. The maximum Gasteiger partial charge on any atom is 0.335 e. The highest BCUT2D eigenvalue weighted by Crippen LogP contribution is 2.28. The molecule has 3 rings (SSSR count). The van der Waals surface area contributed by atoms with Crippen LogP contribution in [0.4, 0.5) is 0 Å². The number of carboxylic acids is 2. The summed E-state index contributed by atoms with van der Waals surface area (Å²) in [6.45, 7) is 5.22. The van der Waals surface area contributed by atoms with Gasteiger partial charge < -0.3 is 20.4 Å². The van der Waals surface area contributed by atoms with Crippen molar-refractivity contribution in [2.45, 2.75) is 20.8 Å². The molecule has 0 amide bonds. The van der Waals surface area contributed by atoms with Crippen LogP contribution in [0.15, 0.2) is 72.8 Å². The van der Waals surface area contributed by atoms with Crippen LogP contribution in [0.1, 0.15) is 50.5 Å². The van der Waals surface area contributed by atoms with E-state index in [0.29, 0.717) is 16.7 Å². The number of carboxylic acid groups (broad SMARTS) is 2. The second-order valence-corrected chi connectivity index (χ2v) is 7.02. The van der Waals surface area contributed by atoms with Gasteiger partial charge in [-0.1, -0.05) is 50.2 Å². The fourth-order valence-electron chi connectivity index (χ4n) is 2.36. The third-order valence-corrected chi connectivity index (χ3v) is 4.15. The van der Waals surface area contributed by atoms with E-state index in [1.54, 1.807) is 81.4 Å². The number of Topliss-reactive ketones (excluding diaryl/α,β-unsaturated/α-hetero) is 1. The molecule has 7 heteroatoms. The summed E-state index contributed by atoms with van der Waals surface area (Å²) in [7, 11) is 0. The molecular formula is C25H26O7. The van der Waals surface area contributed by atoms with Gasteiger partial charge in [-0.3, -0.25) is 4.79 Å². The Hall–Kier alpha value is -4.13. The van der Waals surface area contributed by atoms with Gasteiger partial charge in [-0.05, 0) is 42.8 Å². The van der Waals surface area contributed by atoms with Gasteiger partial charge in [0.05, 0.1) is 16.7 Å². The Bertz CT molecular complexity index is 993. The first-order chi connectivity index (χ1) is 15.0. The van der Waals surface area contributed by atoms with E-state index in [2.05, 4.69) is 0 Å². The van der Waals surface area contributed by atoms with E-state index in [-0.39, 0.29) is 28.8 Å². The molecule has 0 saturated heterocycles. The van der Waals surface area contributed by atoms with Crippen LogP contribution in [0.2, 0.25) is 0 Å². The van der Waals surface area contributed by atoms with E-state index in [1.165, 1.54) is 12.1 Å². The molecule has 0 bridgehead atoms. The summed E-state index contributed by atoms with van der Waals surface area (Å²) in [6.07, 6.45) is 0. The molecule has 0 spiro atoms. The maximum atomic E-state index is 11.6. The zero-order chi connectivity index (χ0) is 24.3. The number of ketones is 1. The van der Waals surface area contributed by atoms with Gasteiger partial charge >= 0.3 is 11.9 Å². The Morgan fingerprint density at radius 1 is 0.688 bits per heavy atom. The molecule has 4 N–H and O–H groups in total. The van der Waals surface area contributed by atoms with Crippen molar-refractivity contribution in [1.82, 2.24) is 0 Å². The molecule has 0 radical (unpaired) electrons. The van der Waals surface area contributed by atoms with E-state index in [4.69, 9.17) is 10.2 Å². The Balaban J connectivity index is 0.000000250. The fraction of sp³-hybridized carbons (Fsp3) is 0.160. The Morgan fingerprint density at radius 3 is 1.41 bits per heavy atom. The molecule has 0 fully saturated rings. The SMILES string of the molecule is Cc1cc(C(=O)C(C)C)c(O)cc1O.O=C(O)c1ccccc1.O=C(O)c1ccccc1. The predicted molar refractivity (Wildman–Crippen MR) is 120 cm³/mol. The summed E-state index contributed by atoms with van der Waals surface area (Å²) in [5.41, 5.74) is 1.53. The standard InChI is InChI=1S/C11H14O3.2C7H6O2/c1-6(2)11(14)8-4-7(3)9(12)5-10(8)13;2*8-7(9)6-4-2-1-3-5-6/h4-6,12-13H,1-3H3;2*1-5H,(H,8,9). The molecule has 32 heavy (non-hydrogen) atoms. The molecule has 3 aromatic rings. The van der Waals surface area contributed by atoms with Crippen molar-refractivity contribution in [3.05, 3.63) is 95.1 Å². The van der Waals surface area contributed by atoms with Gasteiger partial charge in [0.1, 0.15) is 11.5 Å². The lowest BCUT2D eigenvalue weighted by molar-refractivity contribution is 0.0686. The van der Waals surface area contributed by atoms with Crippen LogP contribution in [0, 0.1) is 12.8 Å². The number of benzene rings is 3. The number of hydrogen-bond donors (Lipinski definition) is 4. The third kappa shape index (κ3) is 8.31. The second-order valence-electron chi connectivity index (χ2n) is 7.02. The van der Waals surface area contributed by atoms with E-state index in [0.717, 1.165) is 0 Å². The lowest BCUT2D eigenvalue weighted by atomic mass is 9.98. The van der Waals surface area contributed by atoms with E-state index < -0.39 is 11.9 Å². The summed E-state index contributed by atoms with van der Waals surface area (Å²) in [5.74, 6) is -2.20. The molecule has 0 aliphatic rings. The van der Waals surface area contributed by atoms with Gasteiger partial charge in [0.2, 0.25) is 0 Å². The monoisotopic (exact) mass is 438 g/mol. The molecule has 0 atom stereocenters. The fourth-order valence-corrected chi connectivity index (χ4v) is 2.36. The van der Waals surface area contributed by atoms with Crippen molar-refractivity contribution in [2.24, 2.45) is 5.92 Å². The van der Waals surface area contributed by atoms with Crippen molar-refractivity contribution < 1.29 is 34.8 Å². The van der Waals surface area contributed by atoms with Crippen LogP contribution in [0.25, 0.3) is 0 Å². The van der Waals surface area contributed by atoms with Gasteiger partial charge in [0.15, 0.2) is 5.78 Å². The number of aromatic carboxylic acids is 2. The predicted octanol–water partition coefficient (Wildman–Crippen LogP) is 5.01. The zero-order valence-electron chi connectivity index (χ0n) is 18.0. The van der Waals surface area contributed by atoms with Crippen molar-refractivity contribution in [3.63, 3.8) is 0 Å². The number of carbonyl (C=O) groups excluding carboxylic acids is 1. The molecule has 0 aromatic heterocycles. The molecule has 0 aliphatic heterocycles. The molecule has 0 saturated carbocycles. The Morgan fingerprint density at radius 2 is 1.09 bits per heavy atom. The van der Waals surface area contributed by atoms with Gasteiger partial charge in [-0.15, -0.1) is 0 Å². The number of hydrogen-bond acceptors (Lipinski definition) is 5. The largest absolute Gasteiger partial charge is 0.508 e. The molecule has 0 heterocycles. The average Bonchev–Trinajstić information content (AvgIpc) is 2.78. The summed E-state index contributed by atoms with van der Waals surface area (Å²) >= 11 is 0. The highest BCUT2D eigenvalue weighted by atomic mass is 16.4. The molecule has 7 nitrogen and oxygen atoms in total. The Labute approximate surface area is 186 Å². The van der Waals surface area contributed by atoms with Crippen molar-refractivity contribution in [3.8, 4) is 11.5 Å². The minimum atomic E-state index is -0.879. The zero-order valence-corrected chi connectivity index (χ0v) is 18.0. The van der Waals surface area contributed by atoms with Crippen LogP contribution in [-0.4, -0.2) is 38.1 Å². The summed E-state index contributed by atoms with van der Waals surface area (Å²) in [4.78, 5) is 32.0. The number of rotatable bonds is 4. The molecule has 0 aliphatic carbocycles. The van der Waals surface area contributed by atoms with Crippen LogP contribution in [-0.2, 0) is 0 Å². The highest BCUT2D eigenvalue weighted by Gasteiger charge is 2.16. The lowest BCUT2D eigenvalue weighted by Gasteiger charge is -2.08. The van der Waals surface area contributed by atoms with Gasteiger partial charge in [0, 0.05) is 12.0 Å². The topological polar surface area (TPSA) is 132 Å². The van der Waals surface area contributed by atoms with Gasteiger partial charge in [-0.25, -0.2) is 9.59 Å². The number of aromatic hydroxyl groups is 2. The summed E-state index contributed by atoms with van der Waals surface area (Å²) < 4.78 is 0. The number of phenols is 2. The minimum Gasteiger partial charge on any atom is -0.508 e. The minimum absolute atomic E-state index is 0.00260. The highest BCUT2D eigenvalue weighted by molar-refractivity contribution is 6.00. The average molecular weight is 438 g/mol. The summed E-state index contributed by atoms with van der Waals surface area (Å²) in [6, 6.07) is 19.3. The quantitative estimate of drug-likeness (QED) is 0.421. The third-order valence-electron chi connectivity index (χ3n) is 4.15. The van der Waals surface area contributed by atoms with E-state index >= 15 is 0 Å². The van der Waals surface area contributed by atoms with Gasteiger partial charge in [0.25, 0.3) is 0 Å². The van der Waals surface area contributed by atoms with Crippen LogP contribution < -0.4 is 0 Å². The van der Waals surface area contributed by atoms with E-state index in [9.17, 15) is 24.6 Å². The Kier molecular flexibility index (Phi) is 10.2. The number of carbonyl (C=O) groups is 3. The van der Waals surface area contributed by atoms with Gasteiger partial charge in [-0.2, -0.15) is 0 Å². The maximum absolute atomic E-state index is 11.6. The molecule has 168 valence electrons. The summed E-state index contributed by atoms with van der Waals surface area (Å²) in [5, 5.41) is 35.5. The smallest absolute Gasteiger partial charge is 0.335 e. The van der Waals surface area contributed by atoms with Crippen molar-refractivity contribution in [2.75, 3.05) is 0 Å². The van der Waals surface area contributed by atoms with E-state index in [1.807, 2.05) is 0 Å². The van der Waals surface area contributed by atoms with Crippen LogP contribution >= 0.6 is 0 Å². The first-order valence-corrected chi connectivity index (χ1v) is 9.68. The normalized spacial score (nSPS) is 9.62. The first kappa shape index (κ1) is 25.9. The molecule has 3 aromatic carbocycles. The number of aryl methyl sites for hydroxylation is 1. The van der Waals surface area contributed by atoms with Crippen LogP contribution in [0.5, 0.6) is 11.5 Å². The molecule has 0 unspecified atom stereocenters. The van der Waals surface area contributed by atoms with Crippen LogP contribution in [0.3, 0.4) is 0 Å². The second kappa shape index (κ2) is 12.5. The molecular weight excluding hydrogens is 412 g/mol. The van der Waals surface area contributed by atoms with Crippen molar-refractivity contribution >= 4 is 17.7 Å². The first-order valence-electron chi connectivity index (χ1n) is 9.68. The lowest BCUT2D eigenvalue weighted by Crippen LogP contribution is -2.07.